The van der Waals surface area contributed by atoms with Gasteiger partial charge in [0.05, 0.1) is 16.1 Å². The first-order valence-electron chi connectivity index (χ1n) is 10.5. The SMILES string of the molecule is CSc1ccc(S(=O)(=O)N2c3ccccc3C[C@H]2C)cc1C(=O)N1CCCCCC1. The second-order valence-electron chi connectivity index (χ2n) is 8.05. The van der Waals surface area contributed by atoms with Crippen LogP contribution in [0.1, 0.15) is 48.5 Å². The Kier molecular flexibility index (Phi) is 6.11. The van der Waals surface area contributed by atoms with Crippen LogP contribution in [0.25, 0.3) is 0 Å². The molecule has 2 aromatic carbocycles. The Bertz CT molecular complexity index is 1040. The Morgan fingerprint density at radius 1 is 1.03 bits per heavy atom. The van der Waals surface area contributed by atoms with Crippen molar-refractivity contribution in [1.82, 2.24) is 4.90 Å². The van der Waals surface area contributed by atoms with Crippen molar-refractivity contribution < 1.29 is 13.2 Å². The summed E-state index contributed by atoms with van der Waals surface area (Å²) in [5, 5.41) is 0. The van der Waals surface area contributed by atoms with Crippen LogP contribution in [0.2, 0.25) is 0 Å². The molecule has 0 bridgehead atoms. The number of hydrogen-bond donors (Lipinski definition) is 0. The minimum Gasteiger partial charge on any atom is -0.339 e. The lowest BCUT2D eigenvalue weighted by atomic mass is 10.1. The number of amides is 1. The maximum atomic E-state index is 13.6. The van der Waals surface area contributed by atoms with Crippen molar-refractivity contribution in [3.05, 3.63) is 53.6 Å². The van der Waals surface area contributed by atoms with Crippen molar-refractivity contribution in [1.29, 1.82) is 0 Å². The van der Waals surface area contributed by atoms with Crippen molar-refractivity contribution in [2.24, 2.45) is 0 Å². The summed E-state index contributed by atoms with van der Waals surface area (Å²) >= 11 is 1.48. The molecule has 1 saturated heterocycles. The number of carbonyl (C=O) groups is 1. The van der Waals surface area contributed by atoms with E-state index in [1.54, 1.807) is 18.2 Å². The summed E-state index contributed by atoms with van der Waals surface area (Å²) in [5.41, 5.74) is 2.26. The van der Waals surface area contributed by atoms with E-state index in [1.165, 1.54) is 16.1 Å². The number of likely N-dealkylation sites (tertiary alicyclic amines) is 1. The lowest BCUT2D eigenvalue weighted by molar-refractivity contribution is 0.0758. The van der Waals surface area contributed by atoms with E-state index in [4.69, 9.17) is 0 Å². The van der Waals surface area contributed by atoms with Gasteiger partial charge in [0.2, 0.25) is 0 Å². The molecule has 7 heteroatoms. The standard InChI is InChI=1S/C23H28N2O3S2/c1-17-15-18-9-5-6-10-21(18)25(17)30(27,28)19-11-12-22(29-2)20(16-19)23(26)24-13-7-3-4-8-14-24/h5-6,9-12,16-17H,3-4,7-8,13-15H2,1-2H3/t17-/m1/s1. The van der Waals surface area contributed by atoms with Gasteiger partial charge in [-0.25, -0.2) is 8.42 Å². The first-order chi connectivity index (χ1) is 14.4. The highest BCUT2D eigenvalue weighted by atomic mass is 32.2. The van der Waals surface area contributed by atoms with E-state index < -0.39 is 10.0 Å². The molecule has 0 N–H and O–H groups in total. The van der Waals surface area contributed by atoms with Gasteiger partial charge in [0.25, 0.3) is 15.9 Å². The molecule has 2 aromatic rings. The van der Waals surface area contributed by atoms with Crippen LogP contribution < -0.4 is 4.31 Å². The Morgan fingerprint density at radius 3 is 2.43 bits per heavy atom. The lowest BCUT2D eigenvalue weighted by Gasteiger charge is -2.26. The van der Waals surface area contributed by atoms with Crippen LogP contribution in [0.4, 0.5) is 5.69 Å². The van der Waals surface area contributed by atoms with Gasteiger partial charge in [-0.2, -0.15) is 0 Å². The fourth-order valence-electron chi connectivity index (χ4n) is 4.48. The number of benzene rings is 2. The normalized spacial score (nSPS) is 19.5. The molecule has 1 amide bonds. The summed E-state index contributed by atoms with van der Waals surface area (Å²) in [7, 11) is -3.77. The highest BCUT2D eigenvalue weighted by Gasteiger charge is 2.36. The van der Waals surface area contributed by atoms with Gasteiger partial charge in [-0.15, -0.1) is 11.8 Å². The third kappa shape index (κ3) is 3.85. The van der Waals surface area contributed by atoms with Gasteiger partial charge >= 0.3 is 0 Å². The number of anilines is 1. The molecule has 1 fully saturated rings. The second-order valence-corrected chi connectivity index (χ2v) is 10.7. The maximum absolute atomic E-state index is 13.6. The number of fused-ring (bicyclic) bond motifs is 1. The van der Waals surface area contributed by atoms with E-state index in [1.807, 2.05) is 42.3 Å². The van der Waals surface area contributed by atoms with E-state index in [-0.39, 0.29) is 16.8 Å². The van der Waals surface area contributed by atoms with Crippen molar-refractivity contribution in [3.63, 3.8) is 0 Å². The molecule has 30 heavy (non-hydrogen) atoms. The van der Waals surface area contributed by atoms with E-state index in [9.17, 15) is 13.2 Å². The minimum atomic E-state index is -3.77. The van der Waals surface area contributed by atoms with Gasteiger partial charge in [0.15, 0.2) is 0 Å². The third-order valence-electron chi connectivity index (χ3n) is 6.00. The zero-order chi connectivity index (χ0) is 21.3. The Hall–Kier alpha value is -1.99. The van der Waals surface area contributed by atoms with Crippen LogP contribution in [0, 0.1) is 0 Å². The summed E-state index contributed by atoms with van der Waals surface area (Å²) < 4.78 is 28.7. The van der Waals surface area contributed by atoms with Gasteiger partial charge in [-0.05, 0) is 62.3 Å². The van der Waals surface area contributed by atoms with Crippen molar-refractivity contribution in [3.8, 4) is 0 Å². The smallest absolute Gasteiger partial charge is 0.264 e. The molecule has 0 aromatic heterocycles. The monoisotopic (exact) mass is 444 g/mol. The average Bonchev–Trinajstić information content (AvgIpc) is 2.91. The number of rotatable bonds is 4. The fourth-order valence-corrected chi connectivity index (χ4v) is 6.77. The molecule has 5 nitrogen and oxygen atoms in total. The first-order valence-corrected chi connectivity index (χ1v) is 13.2. The fraction of sp³-hybridized carbons (Fsp3) is 0.435. The molecule has 0 aliphatic carbocycles. The Balaban J connectivity index is 1.73. The maximum Gasteiger partial charge on any atom is 0.264 e. The van der Waals surface area contributed by atoms with E-state index >= 15 is 0 Å². The van der Waals surface area contributed by atoms with Gasteiger partial charge in [0.1, 0.15) is 0 Å². The molecule has 0 radical (unpaired) electrons. The van der Waals surface area contributed by atoms with E-state index in [0.29, 0.717) is 12.0 Å². The third-order valence-corrected chi connectivity index (χ3v) is 8.72. The topological polar surface area (TPSA) is 57.7 Å². The average molecular weight is 445 g/mol. The molecule has 1 atom stereocenters. The van der Waals surface area contributed by atoms with Gasteiger partial charge in [0, 0.05) is 24.0 Å². The van der Waals surface area contributed by atoms with Crippen molar-refractivity contribution in [2.75, 3.05) is 23.7 Å². The molecular weight excluding hydrogens is 416 g/mol. The molecule has 0 unspecified atom stereocenters. The molecular formula is C23H28N2O3S2. The Labute approximate surface area is 183 Å². The van der Waals surface area contributed by atoms with Gasteiger partial charge in [-0.3, -0.25) is 9.10 Å². The molecule has 2 aliphatic heterocycles. The molecule has 0 saturated carbocycles. The van der Waals surface area contributed by atoms with E-state index in [0.717, 1.165) is 54.9 Å². The zero-order valence-corrected chi connectivity index (χ0v) is 19.1. The first kappa shape index (κ1) is 21.2. The number of carbonyl (C=O) groups excluding carboxylic acids is 1. The van der Waals surface area contributed by atoms with E-state index in [2.05, 4.69) is 0 Å². The summed E-state index contributed by atoms with van der Waals surface area (Å²) in [4.78, 5) is 16.2. The van der Waals surface area contributed by atoms with Crippen LogP contribution in [-0.4, -0.2) is 44.6 Å². The quantitative estimate of drug-likeness (QED) is 0.649. The predicted octanol–water partition coefficient (Wildman–Crippen LogP) is 4.56. The number of nitrogens with zero attached hydrogens (tertiary/aromatic N) is 2. The minimum absolute atomic E-state index is 0.0619. The van der Waals surface area contributed by atoms with Gasteiger partial charge in [-0.1, -0.05) is 31.0 Å². The van der Waals surface area contributed by atoms with Crippen molar-refractivity contribution in [2.45, 2.75) is 54.9 Å². The summed E-state index contributed by atoms with van der Waals surface area (Å²) in [6, 6.07) is 12.5. The number of thioether (sulfide) groups is 1. The van der Waals surface area contributed by atoms with Crippen LogP contribution in [0.3, 0.4) is 0 Å². The van der Waals surface area contributed by atoms with Crippen LogP contribution >= 0.6 is 11.8 Å². The second kappa shape index (κ2) is 8.63. The molecule has 2 heterocycles. The number of sulfonamides is 1. The lowest BCUT2D eigenvalue weighted by Crippen LogP contribution is -2.36. The summed E-state index contributed by atoms with van der Waals surface area (Å²) in [5.74, 6) is -0.0619. The number of para-hydroxylation sites is 1. The summed E-state index contributed by atoms with van der Waals surface area (Å²) in [6.45, 7) is 3.40. The molecule has 0 spiro atoms. The van der Waals surface area contributed by atoms with Gasteiger partial charge < -0.3 is 4.90 Å². The molecule has 2 aliphatic rings. The Morgan fingerprint density at radius 2 is 1.73 bits per heavy atom. The zero-order valence-electron chi connectivity index (χ0n) is 17.5. The highest BCUT2D eigenvalue weighted by molar-refractivity contribution is 7.98. The summed E-state index contributed by atoms with van der Waals surface area (Å²) in [6.07, 6.45) is 6.89. The van der Waals surface area contributed by atoms with Crippen LogP contribution in [0.15, 0.2) is 52.3 Å². The number of hydrogen-bond acceptors (Lipinski definition) is 4. The van der Waals surface area contributed by atoms with Crippen molar-refractivity contribution >= 4 is 33.4 Å². The molecule has 160 valence electrons. The predicted molar refractivity (Wildman–Crippen MR) is 122 cm³/mol. The van der Waals surface area contributed by atoms with Crippen LogP contribution in [0.5, 0.6) is 0 Å². The van der Waals surface area contributed by atoms with Crippen LogP contribution in [-0.2, 0) is 16.4 Å². The molecule has 4 rings (SSSR count). The highest BCUT2D eigenvalue weighted by Crippen LogP contribution is 2.37. The largest absolute Gasteiger partial charge is 0.339 e.